The van der Waals surface area contributed by atoms with Crippen LogP contribution in [-0.2, 0) is 4.74 Å². The van der Waals surface area contributed by atoms with Crippen LogP contribution in [0.2, 0.25) is 0 Å². The van der Waals surface area contributed by atoms with E-state index in [1.54, 1.807) is 6.07 Å². The summed E-state index contributed by atoms with van der Waals surface area (Å²) in [7, 11) is 0. The number of rotatable bonds is 5. The number of halogens is 1. The maximum absolute atomic E-state index is 13.6. The topological polar surface area (TPSA) is 90.2 Å². The van der Waals surface area contributed by atoms with Crippen LogP contribution >= 0.6 is 0 Å². The van der Waals surface area contributed by atoms with Gasteiger partial charge in [-0.1, -0.05) is 0 Å². The number of nitriles is 1. The van der Waals surface area contributed by atoms with E-state index in [-0.39, 0.29) is 5.56 Å². The minimum absolute atomic E-state index is 0.0458. The Morgan fingerprint density at radius 1 is 1.09 bits per heavy atom. The van der Waals surface area contributed by atoms with Gasteiger partial charge in [0.2, 0.25) is 5.95 Å². The Kier molecular flexibility index (Phi) is 5.86. The third kappa shape index (κ3) is 4.49. The monoisotopic (exact) mass is 445 g/mol. The lowest BCUT2D eigenvalue weighted by Gasteiger charge is -2.43. The van der Waals surface area contributed by atoms with Crippen LogP contribution in [0.4, 0.5) is 21.7 Å². The van der Waals surface area contributed by atoms with Crippen molar-refractivity contribution in [2.45, 2.75) is 13.0 Å². The fourth-order valence-electron chi connectivity index (χ4n) is 4.22. The van der Waals surface area contributed by atoms with Gasteiger partial charge in [-0.2, -0.15) is 10.2 Å². The Morgan fingerprint density at radius 2 is 1.91 bits per heavy atom. The van der Waals surface area contributed by atoms with E-state index >= 15 is 0 Å². The number of nitrogens with zero attached hydrogens (tertiary/aromatic N) is 6. The average Bonchev–Trinajstić information content (AvgIpc) is 2.79. The molecule has 2 saturated heterocycles. The van der Waals surface area contributed by atoms with Crippen LogP contribution < -0.4 is 10.2 Å². The highest BCUT2D eigenvalue weighted by molar-refractivity contribution is 5.65. The van der Waals surface area contributed by atoms with Crippen molar-refractivity contribution >= 4 is 17.3 Å². The van der Waals surface area contributed by atoms with Crippen molar-refractivity contribution in [1.29, 1.82) is 5.26 Å². The summed E-state index contributed by atoms with van der Waals surface area (Å²) in [5, 5.41) is 12.3. The van der Waals surface area contributed by atoms with E-state index in [1.165, 1.54) is 29.7 Å². The van der Waals surface area contributed by atoms with Crippen LogP contribution in [0.25, 0.3) is 11.4 Å². The molecule has 3 heterocycles. The van der Waals surface area contributed by atoms with Gasteiger partial charge in [0.1, 0.15) is 18.2 Å². The van der Waals surface area contributed by atoms with E-state index in [1.807, 2.05) is 12.1 Å². The summed E-state index contributed by atoms with van der Waals surface area (Å²) in [6.45, 7) is 7.94. The molecule has 0 saturated carbocycles. The smallest absolute Gasteiger partial charge is 0.230 e. The van der Waals surface area contributed by atoms with Crippen molar-refractivity contribution in [3.8, 4) is 17.5 Å². The predicted octanol–water partition coefficient (Wildman–Crippen LogP) is 3.12. The zero-order valence-corrected chi connectivity index (χ0v) is 18.3. The lowest BCUT2D eigenvalue weighted by molar-refractivity contribution is -0.0660. The van der Waals surface area contributed by atoms with Crippen molar-refractivity contribution in [1.82, 2.24) is 19.9 Å². The Hall–Kier alpha value is -3.61. The van der Waals surface area contributed by atoms with Gasteiger partial charge in [-0.15, -0.1) is 0 Å². The normalized spacial score (nSPS) is 16.8. The van der Waals surface area contributed by atoms with E-state index in [0.717, 1.165) is 45.1 Å². The molecule has 1 N–H and O–H groups in total. The minimum Gasteiger partial charge on any atom is -0.378 e. The van der Waals surface area contributed by atoms with Gasteiger partial charge in [-0.3, -0.25) is 4.90 Å². The van der Waals surface area contributed by atoms with Crippen LogP contribution in [0.1, 0.15) is 11.1 Å². The van der Waals surface area contributed by atoms with Crippen LogP contribution in [0, 0.1) is 24.1 Å². The quantitative estimate of drug-likeness (QED) is 0.641. The summed E-state index contributed by atoms with van der Waals surface area (Å²) in [6, 6.07) is 12.9. The van der Waals surface area contributed by atoms with Gasteiger partial charge in [0.25, 0.3) is 0 Å². The Bertz CT molecular complexity index is 1200. The van der Waals surface area contributed by atoms with Crippen molar-refractivity contribution in [3.63, 3.8) is 0 Å². The molecule has 2 fully saturated rings. The molecule has 3 aromatic rings. The molecule has 2 aliphatic heterocycles. The Balaban J connectivity index is 1.28. The van der Waals surface area contributed by atoms with Gasteiger partial charge in [0.15, 0.2) is 5.82 Å². The molecule has 2 aliphatic rings. The molecule has 0 bridgehead atoms. The second-order valence-corrected chi connectivity index (χ2v) is 8.28. The van der Waals surface area contributed by atoms with Gasteiger partial charge in [-0.25, -0.2) is 14.4 Å². The maximum atomic E-state index is 13.6. The maximum Gasteiger partial charge on any atom is 0.230 e. The first kappa shape index (κ1) is 21.2. The fraction of sp³-hybridized carbons (Fsp3) is 0.333. The molecule has 33 heavy (non-hydrogen) atoms. The van der Waals surface area contributed by atoms with Gasteiger partial charge in [-0.05, 0) is 48.9 Å². The lowest BCUT2D eigenvalue weighted by Crippen LogP contribution is -2.56. The molecule has 168 valence electrons. The molecule has 1 aromatic heterocycles. The molecule has 8 nitrogen and oxygen atoms in total. The average molecular weight is 446 g/mol. The van der Waals surface area contributed by atoms with Crippen molar-refractivity contribution in [2.24, 2.45) is 0 Å². The Morgan fingerprint density at radius 3 is 2.61 bits per heavy atom. The third-order valence-electron chi connectivity index (χ3n) is 6.16. The SMILES string of the molecule is Cc1cc(Nc2ncnc(-c3ccc(F)c(C#N)c3)n2)ccc1N1CCN(C2COC2)CC1. The number of aromatic nitrogens is 3. The molecule has 0 atom stereocenters. The summed E-state index contributed by atoms with van der Waals surface area (Å²) in [5.41, 5.74) is 3.78. The van der Waals surface area contributed by atoms with E-state index in [0.29, 0.717) is 23.4 Å². The van der Waals surface area contributed by atoms with Crippen LogP contribution in [0.5, 0.6) is 0 Å². The summed E-state index contributed by atoms with van der Waals surface area (Å²) in [6.07, 6.45) is 1.40. The first-order valence-corrected chi connectivity index (χ1v) is 10.9. The minimum atomic E-state index is -0.567. The third-order valence-corrected chi connectivity index (χ3v) is 6.16. The molecule has 2 aromatic carbocycles. The highest BCUT2D eigenvalue weighted by Crippen LogP contribution is 2.27. The van der Waals surface area contributed by atoms with Gasteiger partial charge in [0.05, 0.1) is 24.8 Å². The van der Waals surface area contributed by atoms with Crippen LogP contribution in [-0.4, -0.2) is 65.3 Å². The number of piperazine rings is 1. The molecule has 0 spiro atoms. The number of nitrogens with one attached hydrogen (secondary N) is 1. The summed E-state index contributed by atoms with van der Waals surface area (Å²) in [5.74, 6) is 0.182. The largest absolute Gasteiger partial charge is 0.378 e. The van der Waals surface area contributed by atoms with E-state index in [2.05, 4.69) is 49.1 Å². The first-order chi connectivity index (χ1) is 16.1. The molecular formula is C24H24FN7O. The number of hydrogen-bond acceptors (Lipinski definition) is 8. The van der Waals surface area contributed by atoms with E-state index < -0.39 is 5.82 Å². The lowest BCUT2D eigenvalue weighted by atomic mass is 10.1. The molecule has 5 rings (SSSR count). The molecule has 0 unspecified atom stereocenters. The van der Waals surface area contributed by atoms with Gasteiger partial charge < -0.3 is 15.0 Å². The number of anilines is 3. The van der Waals surface area contributed by atoms with Crippen molar-refractivity contribution in [2.75, 3.05) is 49.6 Å². The fourth-order valence-corrected chi connectivity index (χ4v) is 4.22. The predicted molar refractivity (Wildman–Crippen MR) is 123 cm³/mol. The molecular weight excluding hydrogens is 421 g/mol. The first-order valence-electron chi connectivity index (χ1n) is 10.9. The molecule has 0 amide bonds. The zero-order valence-electron chi connectivity index (χ0n) is 18.3. The number of aryl methyl sites for hydroxylation is 1. The summed E-state index contributed by atoms with van der Waals surface area (Å²) >= 11 is 0. The number of hydrogen-bond donors (Lipinski definition) is 1. The Labute approximate surface area is 191 Å². The standard InChI is InChI=1S/C24H24FN7O/c1-16-10-19(3-5-22(16)32-8-6-31(7-9-32)20-13-33-14-20)29-24-28-15-27-23(30-24)17-2-4-21(25)18(11-17)12-26/h2-5,10-11,15,20H,6-9,13-14H2,1H3,(H,27,28,29,30). The van der Waals surface area contributed by atoms with E-state index in [4.69, 9.17) is 10.00 Å². The van der Waals surface area contributed by atoms with Crippen molar-refractivity contribution in [3.05, 3.63) is 59.7 Å². The number of benzene rings is 2. The summed E-state index contributed by atoms with van der Waals surface area (Å²) < 4.78 is 19.0. The van der Waals surface area contributed by atoms with Gasteiger partial charge in [0, 0.05) is 43.1 Å². The molecule has 0 radical (unpaired) electrons. The summed E-state index contributed by atoms with van der Waals surface area (Å²) in [4.78, 5) is 17.7. The highest BCUT2D eigenvalue weighted by atomic mass is 19.1. The van der Waals surface area contributed by atoms with Gasteiger partial charge >= 0.3 is 0 Å². The zero-order chi connectivity index (χ0) is 22.8. The van der Waals surface area contributed by atoms with Crippen LogP contribution in [0.15, 0.2) is 42.7 Å². The van der Waals surface area contributed by atoms with E-state index in [9.17, 15) is 4.39 Å². The second-order valence-electron chi connectivity index (χ2n) is 8.28. The van der Waals surface area contributed by atoms with Crippen LogP contribution in [0.3, 0.4) is 0 Å². The molecule has 0 aliphatic carbocycles. The second kappa shape index (κ2) is 9.10. The highest BCUT2D eigenvalue weighted by Gasteiger charge is 2.29. The molecule has 9 heteroatoms. The van der Waals surface area contributed by atoms with Crippen molar-refractivity contribution < 1.29 is 9.13 Å². The number of ether oxygens (including phenoxy) is 1.